The molecular weight excluding hydrogens is 398 g/mol. The molecule has 2 fully saturated rings. The predicted molar refractivity (Wildman–Crippen MR) is 119 cm³/mol. The van der Waals surface area contributed by atoms with E-state index >= 15 is 0 Å². The third-order valence-corrected chi connectivity index (χ3v) is 7.97. The molecule has 2 aromatic rings. The van der Waals surface area contributed by atoms with Crippen LogP contribution in [0.2, 0.25) is 0 Å². The maximum atomic E-state index is 13.1. The minimum absolute atomic E-state index is 0.176. The minimum Gasteiger partial charge on any atom is -0.341 e. The number of carbonyl (C=O) groups is 1. The SMILES string of the molecule is CCCN(CC1CC1)C(=O)CN1CCN(S(=O)(=O)c2ccc3ccccc3c2)CC1. The zero-order chi connectivity index (χ0) is 21.1. The normalized spacial score (nSPS) is 18.6. The molecule has 0 aromatic heterocycles. The minimum atomic E-state index is -3.53. The molecule has 1 aliphatic heterocycles. The molecule has 1 saturated heterocycles. The second-order valence-electron chi connectivity index (χ2n) is 8.47. The molecule has 1 aliphatic carbocycles. The number of benzene rings is 2. The summed E-state index contributed by atoms with van der Waals surface area (Å²) in [5, 5.41) is 1.96. The molecule has 2 aromatic carbocycles. The van der Waals surface area contributed by atoms with Crippen LogP contribution in [0.4, 0.5) is 0 Å². The highest BCUT2D eigenvalue weighted by Gasteiger charge is 2.31. The molecule has 1 heterocycles. The summed E-state index contributed by atoms with van der Waals surface area (Å²) in [5.74, 6) is 0.860. The van der Waals surface area contributed by atoms with Gasteiger partial charge in [-0.2, -0.15) is 4.31 Å². The number of piperazine rings is 1. The molecule has 0 atom stereocenters. The van der Waals surface area contributed by atoms with Gasteiger partial charge in [0.25, 0.3) is 0 Å². The van der Waals surface area contributed by atoms with Crippen LogP contribution in [-0.2, 0) is 14.8 Å². The topological polar surface area (TPSA) is 60.9 Å². The van der Waals surface area contributed by atoms with E-state index in [9.17, 15) is 13.2 Å². The summed E-state index contributed by atoms with van der Waals surface area (Å²) in [4.78, 5) is 17.2. The van der Waals surface area contributed by atoms with Crippen molar-refractivity contribution in [3.8, 4) is 0 Å². The van der Waals surface area contributed by atoms with E-state index in [4.69, 9.17) is 0 Å². The Morgan fingerprint density at radius 1 is 1.03 bits per heavy atom. The summed E-state index contributed by atoms with van der Waals surface area (Å²) in [7, 11) is -3.53. The van der Waals surface area contributed by atoms with Crippen LogP contribution in [0.3, 0.4) is 0 Å². The van der Waals surface area contributed by atoms with Crippen molar-refractivity contribution in [3.05, 3.63) is 42.5 Å². The van der Waals surface area contributed by atoms with Gasteiger partial charge < -0.3 is 4.90 Å². The van der Waals surface area contributed by atoms with Gasteiger partial charge >= 0.3 is 0 Å². The summed E-state index contributed by atoms with van der Waals surface area (Å²) in [6.45, 7) is 6.18. The van der Waals surface area contributed by atoms with Crippen LogP contribution in [-0.4, -0.2) is 74.2 Å². The molecule has 7 heteroatoms. The monoisotopic (exact) mass is 429 g/mol. The van der Waals surface area contributed by atoms with E-state index < -0.39 is 10.0 Å². The first-order valence-corrected chi connectivity index (χ1v) is 12.4. The van der Waals surface area contributed by atoms with Crippen molar-refractivity contribution in [2.75, 3.05) is 45.8 Å². The van der Waals surface area contributed by atoms with E-state index in [0.29, 0.717) is 43.5 Å². The van der Waals surface area contributed by atoms with Crippen molar-refractivity contribution in [1.82, 2.24) is 14.1 Å². The van der Waals surface area contributed by atoms with Gasteiger partial charge in [-0.1, -0.05) is 37.3 Å². The smallest absolute Gasteiger partial charge is 0.243 e. The Labute approximate surface area is 179 Å². The van der Waals surface area contributed by atoms with Gasteiger partial charge in [0.05, 0.1) is 11.4 Å². The number of sulfonamides is 1. The summed E-state index contributed by atoms with van der Waals surface area (Å²) in [5.41, 5.74) is 0. The zero-order valence-electron chi connectivity index (χ0n) is 17.7. The summed E-state index contributed by atoms with van der Waals surface area (Å²) < 4.78 is 27.8. The number of nitrogens with zero attached hydrogens (tertiary/aromatic N) is 3. The summed E-state index contributed by atoms with van der Waals surface area (Å²) in [6.07, 6.45) is 3.44. The van der Waals surface area contributed by atoms with Gasteiger partial charge in [-0.3, -0.25) is 9.69 Å². The molecule has 4 rings (SSSR count). The summed E-state index contributed by atoms with van der Waals surface area (Å²) >= 11 is 0. The van der Waals surface area contributed by atoms with E-state index in [2.05, 4.69) is 11.8 Å². The second-order valence-corrected chi connectivity index (χ2v) is 10.4. The quantitative estimate of drug-likeness (QED) is 0.647. The van der Waals surface area contributed by atoms with Crippen LogP contribution in [0.1, 0.15) is 26.2 Å². The Morgan fingerprint density at radius 2 is 1.73 bits per heavy atom. The Hall–Kier alpha value is -1.96. The van der Waals surface area contributed by atoms with Gasteiger partial charge in [-0.05, 0) is 48.1 Å². The molecule has 1 saturated carbocycles. The number of carbonyl (C=O) groups excluding carboxylic acids is 1. The molecule has 0 bridgehead atoms. The van der Waals surface area contributed by atoms with Crippen molar-refractivity contribution < 1.29 is 13.2 Å². The number of amides is 1. The van der Waals surface area contributed by atoms with Crippen molar-refractivity contribution >= 4 is 26.7 Å². The first-order valence-electron chi connectivity index (χ1n) is 11.0. The van der Waals surface area contributed by atoms with Crippen LogP contribution < -0.4 is 0 Å². The lowest BCUT2D eigenvalue weighted by atomic mass is 10.1. The predicted octanol–water partition coefficient (Wildman–Crippen LogP) is 2.79. The van der Waals surface area contributed by atoms with Gasteiger partial charge in [0.15, 0.2) is 0 Å². The van der Waals surface area contributed by atoms with Gasteiger partial charge in [0.1, 0.15) is 0 Å². The van der Waals surface area contributed by atoms with E-state index in [1.807, 2.05) is 35.2 Å². The van der Waals surface area contributed by atoms with Crippen LogP contribution in [0.25, 0.3) is 10.8 Å². The third kappa shape index (κ3) is 4.85. The van der Waals surface area contributed by atoms with Crippen LogP contribution >= 0.6 is 0 Å². The van der Waals surface area contributed by atoms with Gasteiger partial charge in [0.2, 0.25) is 15.9 Å². The van der Waals surface area contributed by atoms with E-state index in [-0.39, 0.29) is 5.91 Å². The van der Waals surface area contributed by atoms with E-state index in [0.717, 1.165) is 30.3 Å². The largest absolute Gasteiger partial charge is 0.341 e. The molecule has 0 spiro atoms. The number of rotatable bonds is 8. The Balaban J connectivity index is 1.36. The van der Waals surface area contributed by atoms with Crippen molar-refractivity contribution in [3.63, 3.8) is 0 Å². The first-order chi connectivity index (χ1) is 14.5. The zero-order valence-corrected chi connectivity index (χ0v) is 18.5. The van der Waals surface area contributed by atoms with Gasteiger partial charge in [-0.25, -0.2) is 8.42 Å². The lowest BCUT2D eigenvalue weighted by Gasteiger charge is -2.34. The lowest BCUT2D eigenvalue weighted by Crippen LogP contribution is -2.51. The highest BCUT2D eigenvalue weighted by Crippen LogP contribution is 2.30. The Bertz CT molecular complexity index is 996. The molecule has 0 unspecified atom stereocenters. The van der Waals surface area contributed by atoms with Crippen molar-refractivity contribution in [2.24, 2.45) is 5.92 Å². The van der Waals surface area contributed by atoms with Crippen molar-refractivity contribution in [1.29, 1.82) is 0 Å². The van der Waals surface area contributed by atoms with Gasteiger partial charge in [-0.15, -0.1) is 0 Å². The van der Waals surface area contributed by atoms with E-state index in [1.165, 1.54) is 12.8 Å². The molecule has 162 valence electrons. The Kier molecular flexibility index (Phi) is 6.41. The molecule has 0 N–H and O–H groups in total. The summed E-state index contributed by atoms with van der Waals surface area (Å²) in [6, 6.07) is 13.1. The van der Waals surface area contributed by atoms with Gasteiger partial charge in [0, 0.05) is 39.3 Å². The maximum Gasteiger partial charge on any atom is 0.243 e. The molecular formula is C23H31N3O3S. The molecule has 30 heavy (non-hydrogen) atoms. The maximum absolute atomic E-state index is 13.1. The number of hydrogen-bond acceptors (Lipinski definition) is 4. The Morgan fingerprint density at radius 3 is 2.40 bits per heavy atom. The average Bonchev–Trinajstić information content (AvgIpc) is 3.57. The fraction of sp³-hybridized carbons (Fsp3) is 0.522. The molecule has 1 amide bonds. The average molecular weight is 430 g/mol. The fourth-order valence-corrected chi connectivity index (χ4v) is 5.55. The molecule has 2 aliphatic rings. The fourth-order valence-electron chi connectivity index (χ4n) is 4.10. The first kappa shape index (κ1) is 21.3. The highest BCUT2D eigenvalue weighted by atomic mass is 32.2. The highest BCUT2D eigenvalue weighted by molar-refractivity contribution is 7.89. The standard InChI is InChI=1S/C23H31N3O3S/c1-2-11-25(17-19-7-8-19)23(27)18-24-12-14-26(15-13-24)30(28,29)22-10-9-20-5-3-4-6-21(20)16-22/h3-6,9-10,16,19H,2,7-8,11-15,17-18H2,1H3. The van der Waals surface area contributed by atoms with Crippen molar-refractivity contribution in [2.45, 2.75) is 31.1 Å². The second kappa shape index (κ2) is 9.04. The number of fused-ring (bicyclic) bond motifs is 1. The van der Waals surface area contributed by atoms with Crippen LogP contribution in [0.5, 0.6) is 0 Å². The third-order valence-electron chi connectivity index (χ3n) is 6.07. The van der Waals surface area contributed by atoms with E-state index in [1.54, 1.807) is 16.4 Å². The molecule has 6 nitrogen and oxygen atoms in total. The number of hydrogen-bond donors (Lipinski definition) is 0. The van der Waals surface area contributed by atoms with Crippen LogP contribution in [0, 0.1) is 5.92 Å². The molecule has 0 radical (unpaired) electrons. The lowest BCUT2D eigenvalue weighted by molar-refractivity contribution is -0.133. The van der Waals surface area contributed by atoms with Crippen LogP contribution in [0.15, 0.2) is 47.4 Å².